The van der Waals surface area contributed by atoms with Gasteiger partial charge in [0.1, 0.15) is 23.4 Å². The number of ether oxygens (including phenoxy) is 2. The van der Waals surface area contributed by atoms with E-state index in [9.17, 15) is 10.2 Å². The van der Waals surface area contributed by atoms with E-state index in [0.29, 0.717) is 22.3 Å². The monoisotopic (exact) mass is 559 g/mol. The summed E-state index contributed by atoms with van der Waals surface area (Å²) in [4.78, 5) is 0. The van der Waals surface area contributed by atoms with Crippen LogP contribution in [0.25, 0.3) is 0 Å². The summed E-state index contributed by atoms with van der Waals surface area (Å²) in [5.74, 6) is -1.05. The molecular formula is C34H35CrO4-. The molecule has 5 heteroatoms. The third kappa shape index (κ3) is 6.05. The molecule has 2 atom stereocenters. The van der Waals surface area contributed by atoms with Gasteiger partial charge in [0.15, 0.2) is 5.79 Å². The second kappa shape index (κ2) is 12.8. The van der Waals surface area contributed by atoms with Crippen LogP contribution in [-0.2, 0) is 38.0 Å². The molecule has 0 radical (unpaired) electrons. The maximum Gasteiger partial charge on any atom is 0.164 e. The average Bonchev–Trinajstić information content (AvgIpc) is 3.30. The molecule has 1 fully saturated rings. The largest absolute Gasteiger partial charge is 0.378 e. The Labute approximate surface area is 242 Å². The fourth-order valence-corrected chi connectivity index (χ4v) is 5.13. The van der Waals surface area contributed by atoms with Crippen molar-refractivity contribution in [3.8, 4) is 0 Å². The molecule has 0 saturated carbocycles. The van der Waals surface area contributed by atoms with Gasteiger partial charge in [0.25, 0.3) is 0 Å². The molecule has 0 spiro atoms. The van der Waals surface area contributed by atoms with Crippen molar-refractivity contribution in [1.29, 1.82) is 0 Å². The predicted octanol–water partition coefficient (Wildman–Crippen LogP) is 6.38. The smallest absolute Gasteiger partial charge is 0.164 e. The van der Waals surface area contributed by atoms with Crippen molar-refractivity contribution in [2.24, 2.45) is 0 Å². The molecule has 5 rings (SSSR count). The normalized spacial score (nSPS) is 18.3. The van der Waals surface area contributed by atoms with Crippen molar-refractivity contribution in [2.45, 2.75) is 43.0 Å². The van der Waals surface area contributed by atoms with Crippen LogP contribution in [0.4, 0.5) is 0 Å². The van der Waals surface area contributed by atoms with Gasteiger partial charge >= 0.3 is 0 Å². The molecular weight excluding hydrogens is 524 g/mol. The van der Waals surface area contributed by atoms with Gasteiger partial charge in [0.2, 0.25) is 0 Å². The molecule has 1 aliphatic rings. The molecule has 0 unspecified atom stereocenters. The quantitative estimate of drug-likeness (QED) is 0.269. The minimum atomic E-state index is -1.60. The number of hydrogen-bond acceptors (Lipinski definition) is 4. The molecule has 0 aromatic heterocycles. The molecule has 0 aliphatic carbocycles. The number of aliphatic hydroxyl groups is 2. The Morgan fingerprint density at radius 1 is 0.615 bits per heavy atom. The zero-order valence-corrected chi connectivity index (χ0v) is 23.6. The van der Waals surface area contributed by atoms with Crippen LogP contribution in [0.15, 0.2) is 134 Å². The van der Waals surface area contributed by atoms with E-state index in [-0.39, 0.29) is 17.4 Å². The van der Waals surface area contributed by atoms with E-state index in [4.69, 9.17) is 9.47 Å². The molecule has 4 aromatic rings. The van der Waals surface area contributed by atoms with Gasteiger partial charge < -0.3 is 19.7 Å². The minimum absolute atomic E-state index is 0. The SMILES string of the molecule is C=C[CH2-].CC1(C)O[C@@H](C(O)(c2ccccc2)c2ccccc2)[C@H](C(O)(c2ccccc2)c2ccccc2)O1.[Cr]. The van der Waals surface area contributed by atoms with Crippen molar-refractivity contribution in [2.75, 3.05) is 0 Å². The molecule has 2 N–H and O–H groups in total. The Morgan fingerprint density at radius 3 is 1.03 bits per heavy atom. The standard InChI is InChI=1S/C31H30O4.C3H5.Cr/c1-29(2)34-27(30(32,23-15-7-3-8-16-23)24-17-9-4-10-18-24)28(35-29)31(33,25-19-11-5-12-20-25)26-21-13-6-14-22-26;1-3-2;/h3-22,27-28,32-33H,1-2H3;3H,1-2H2;/q;-1;/t27-,28-;;/m1../s1. The summed E-state index contributed by atoms with van der Waals surface area (Å²) >= 11 is 0. The van der Waals surface area contributed by atoms with Crippen LogP contribution < -0.4 is 0 Å². The summed E-state index contributed by atoms with van der Waals surface area (Å²) in [6.45, 7) is 10.1. The summed E-state index contributed by atoms with van der Waals surface area (Å²) in [6.07, 6.45) is -0.375. The van der Waals surface area contributed by atoms with Crippen molar-refractivity contribution >= 4 is 0 Å². The second-order valence-corrected chi connectivity index (χ2v) is 9.76. The molecule has 202 valence electrons. The Morgan fingerprint density at radius 2 is 0.821 bits per heavy atom. The first-order valence-corrected chi connectivity index (χ1v) is 12.7. The maximum absolute atomic E-state index is 12.6. The fourth-order valence-electron chi connectivity index (χ4n) is 5.13. The Balaban J connectivity index is 0.00000101. The first-order chi connectivity index (χ1) is 18.3. The van der Waals surface area contributed by atoms with Crippen LogP contribution in [0.2, 0.25) is 0 Å². The molecule has 1 aliphatic heterocycles. The van der Waals surface area contributed by atoms with Gasteiger partial charge in [-0.2, -0.15) is 0 Å². The minimum Gasteiger partial charge on any atom is -0.378 e. The van der Waals surface area contributed by atoms with Gasteiger partial charge in [-0.05, 0) is 36.1 Å². The van der Waals surface area contributed by atoms with Crippen molar-refractivity contribution in [3.63, 3.8) is 0 Å². The van der Waals surface area contributed by atoms with Crippen LogP contribution in [0, 0.1) is 6.92 Å². The predicted molar refractivity (Wildman–Crippen MR) is 151 cm³/mol. The summed E-state index contributed by atoms with van der Waals surface area (Å²) in [7, 11) is 0. The first-order valence-electron chi connectivity index (χ1n) is 12.7. The summed E-state index contributed by atoms with van der Waals surface area (Å²) < 4.78 is 13.0. The number of allylic oxidation sites excluding steroid dienone is 1. The van der Waals surface area contributed by atoms with E-state index in [2.05, 4.69) is 13.5 Å². The van der Waals surface area contributed by atoms with E-state index >= 15 is 0 Å². The van der Waals surface area contributed by atoms with E-state index in [1.807, 2.05) is 135 Å². The van der Waals surface area contributed by atoms with E-state index in [1.54, 1.807) is 0 Å². The van der Waals surface area contributed by atoms with E-state index < -0.39 is 29.2 Å². The van der Waals surface area contributed by atoms with Crippen LogP contribution in [-0.4, -0.2) is 28.2 Å². The van der Waals surface area contributed by atoms with Crippen LogP contribution in [0.1, 0.15) is 36.1 Å². The van der Waals surface area contributed by atoms with Crippen LogP contribution >= 0.6 is 0 Å². The summed E-state index contributed by atoms with van der Waals surface area (Å²) in [5.41, 5.74) is -0.564. The third-order valence-corrected chi connectivity index (χ3v) is 6.78. The zero-order chi connectivity index (χ0) is 27.2. The van der Waals surface area contributed by atoms with Crippen molar-refractivity contribution in [1.82, 2.24) is 0 Å². The van der Waals surface area contributed by atoms with Crippen molar-refractivity contribution < 1.29 is 37.0 Å². The average molecular weight is 560 g/mol. The van der Waals surface area contributed by atoms with E-state index in [1.165, 1.54) is 6.08 Å². The fraction of sp³-hybridized carbons (Fsp3) is 0.206. The topological polar surface area (TPSA) is 58.9 Å². The van der Waals surface area contributed by atoms with Gasteiger partial charge in [-0.25, -0.2) is 19.6 Å². The van der Waals surface area contributed by atoms with E-state index in [0.717, 1.165) is 0 Å². The molecule has 0 bridgehead atoms. The molecule has 1 heterocycles. The van der Waals surface area contributed by atoms with Gasteiger partial charge in [-0.15, -0.1) is 0 Å². The Kier molecular flexibility index (Phi) is 9.99. The van der Waals surface area contributed by atoms with Crippen LogP contribution in [0.5, 0.6) is 0 Å². The zero-order valence-electron chi connectivity index (χ0n) is 22.3. The molecule has 4 nitrogen and oxygen atoms in total. The number of benzene rings is 4. The first kappa shape index (κ1) is 30.4. The van der Waals surface area contributed by atoms with Crippen LogP contribution in [0.3, 0.4) is 0 Å². The molecule has 0 amide bonds. The molecule has 39 heavy (non-hydrogen) atoms. The van der Waals surface area contributed by atoms with Gasteiger partial charge in [0.05, 0.1) is 0 Å². The van der Waals surface area contributed by atoms with Gasteiger partial charge in [0, 0.05) is 17.4 Å². The summed E-state index contributed by atoms with van der Waals surface area (Å²) in [6, 6.07) is 37.8. The Hall–Kier alpha value is -3.14. The molecule has 1 saturated heterocycles. The Bertz CT molecular complexity index is 1120. The molecule has 4 aromatic carbocycles. The second-order valence-electron chi connectivity index (χ2n) is 9.76. The maximum atomic E-state index is 12.6. The summed E-state index contributed by atoms with van der Waals surface area (Å²) in [5, 5.41) is 25.2. The van der Waals surface area contributed by atoms with Gasteiger partial charge in [-0.3, -0.25) is 0 Å². The third-order valence-electron chi connectivity index (χ3n) is 6.78. The number of hydrogen-bond donors (Lipinski definition) is 2. The van der Waals surface area contributed by atoms with Crippen molar-refractivity contribution in [3.05, 3.63) is 163 Å². The number of rotatable bonds is 6. The van der Waals surface area contributed by atoms with Gasteiger partial charge in [-0.1, -0.05) is 121 Å².